The van der Waals surface area contributed by atoms with Crippen molar-refractivity contribution in [3.8, 4) is 11.8 Å². The highest BCUT2D eigenvalue weighted by molar-refractivity contribution is 5.90. The van der Waals surface area contributed by atoms with Gasteiger partial charge >= 0.3 is 0 Å². The number of nitrogens with zero attached hydrogens (tertiary/aromatic N) is 4. The number of nitrogen functional groups attached to an aromatic ring is 1. The van der Waals surface area contributed by atoms with Gasteiger partial charge in [0.05, 0.1) is 24.3 Å². The molecule has 0 fully saturated rings. The molecule has 21 heavy (non-hydrogen) atoms. The molecule has 2 heterocycles. The number of nitriles is 1. The molecule has 4 N–H and O–H groups in total. The van der Waals surface area contributed by atoms with Crippen LogP contribution in [0.25, 0.3) is 11.0 Å². The van der Waals surface area contributed by atoms with Crippen LogP contribution >= 0.6 is 0 Å². The topological polar surface area (TPSA) is 126 Å². The predicted molar refractivity (Wildman–Crippen MR) is 77.1 cm³/mol. The summed E-state index contributed by atoms with van der Waals surface area (Å²) in [6.45, 7) is 0. The van der Waals surface area contributed by atoms with Crippen molar-refractivity contribution >= 4 is 28.5 Å². The van der Waals surface area contributed by atoms with Crippen LogP contribution < -0.4 is 15.8 Å². The highest BCUT2D eigenvalue weighted by Crippen LogP contribution is 2.32. The van der Waals surface area contributed by atoms with E-state index in [9.17, 15) is 5.26 Å². The third kappa shape index (κ3) is 2.17. The zero-order valence-corrected chi connectivity index (χ0v) is 11.1. The summed E-state index contributed by atoms with van der Waals surface area (Å²) < 4.78 is 5.27. The molecule has 0 bridgehead atoms. The number of nitrogens with one attached hydrogen (secondary N) is 2. The molecule has 0 unspecified atom stereocenters. The van der Waals surface area contributed by atoms with Crippen molar-refractivity contribution in [2.75, 3.05) is 18.2 Å². The number of H-pyrrole nitrogens is 1. The minimum atomic E-state index is 0.0997. The Morgan fingerprint density at radius 3 is 3.00 bits per heavy atom. The third-order valence-electron chi connectivity index (χ3n) is 2.94. The Hall–Kier alpha value is -3.34. The van der Waals surface area contributed by atoms with E-state index in [0.29, 0.717) is 33.9 Å². The van der Waals surface area contributed by atoms with Crippen LogP contribution in [0.4, 0.5) is 17.5 Å². The monoisotopic (exact) mass is 281 g/mol. The molecule has 3 aromatic rings. The van der Waals surface area contributed by atoms with Crippen molar-refractivity contribution in [2.24, 2.45) is 0 Å². The van der Waals surface area contributed by atoms with E-state index in [1.807, 2.05) is 0 Å². The van der Waals surface area contributed by atoms with E-state index >= 15 is 0 Å². The maximum atomic E-state index is 9.22. The minimum Gasteiger partial charge on any atom is -0.495 e. The van der Waals surface area contributed by atoms with Crippen molar-refractivity contribution in [1.29, 1.82) is 5.26 Å². The quantitative estimate of drug-likeness (QED) is 0.665. The van der Waals surface area contributed by atoms with Crippen molar-refractivity contribution in [3.05, 3.63) is 30.0 Å². The number of anilines is 3. The number of nitrogens with two attached hydrogens (primary N) is 1. The molecule has 0 saturated heterocycles. The van der Waals surface area contributed by atoms with Gasteiger partial charge in [-0.1, -0.05) is 6.07 Å². The van der Waals surface area contributed by atoms with Gasteiger partial charge in [0, 0.05) is 0 Å². The Labute approximate surface area is 119 Å². The lowest BCUT2D eigenvalue weighted by atomic mass is 10.1. The SMILES string of the molecule is COc1cccc(C#N)c1Nc1nc(N)nc2[nH]ncc12. The van der Waals surface area contributed by atoms with Gasteiger partial charge in [-0.25, -0.2) is 0 Å². The molecule has 0 saturated carbocycles. The lowest BCUT2D eigenvalue weighted by molar-refractivity contribution is 0.416. The molecule has 0 radical (unpaired) electrons. The summed E-state index contributed by atoms with van der Waals surface area (Å²) in [6.07, 6.45) is 1.58. The number of methoxy groups -OCH3 is 1. The first kappa shape index (κ1) is 12.7. The summed E-state index contributed by atoms with van der Waals surface area (Å²) >= 11 is 0. The Morgan fingerprint density at radius 1 is 1.38 bits per heavy atom. The van der Waals surface area contributed by atoms with E-state index in [1.165, 1.54) is 7.11 Å². The number of benzene rings is 1. The number of para-hydroxylation sites is 1. The number of hydrogen-bond acceptors (Lipinski definition) is 7. The van der Waals surface area contributed by atoms with Crippen LogP contribution in [0.15, 0.2) is 24.4 Å². The lowest BCUT2D eigenvalue weighted by Crippen LogP contribution is -2.03. The fourth-order valence-electron chi connectivity index (χ4n) is 1.99. The normalized spacial score (nSPS) is 10.3. The van der Waals surface area contributed by atoms with Gasteiger partial charge in [-0.2, -0.15) is 20.3 Å². The van der Waals surface area contributed by atoms with E-state index < -0.39 is 0 Å². The number of hydrogen-bond donors (Lipinski definition) is 3. The number of aromatic nitrogens is 4. The van der Waals surface area contributed by atoms with Gasteiger partial charge in [0.15, 0.2) is 5.65 Å². The van der Waals surface area contributed by atoms with Gasteiger partial charge in [-0.3, -0.25) is 5.10 Å². The van der Waals surface area contributed by atoms with Crippen LogP contribution in [-0.2, 0) is 0 Å². The first-order valence-electron chi connectivity index (χ1n) is 6.03. The molecule has 3 rings (SSSR count). The van der Waals surface area contributed by atoms with E-state index in [-0.39, 0.29) is 5.95 Å². The minimum absolute atomic E-state index is 0.0997. The molecule has 104 valence electrons. The summed E-state index contributed by atoms with van der Waals surface area (Å²) in [5.41, 5.74) is 7.14. The first-order chi connectivity index (χ1) is 10.2. The largest absolute Gasteiger partial charge is 0.495 e. The van der Waals surface area contributed by atoms with E-state index in [0.717, 1.165) is 0 Å². The van der Waals surface area contributed by atoms with Gasteiger partial charge in [-0.15, -0.1) is 0 Å². The molecule has 0 spiro atoms. The summed E-state index contributed by atoms with van der Waals surface area (Å²) in [5, 5.41) is 19.6. The number of rotatable bonds is 3. The van der Waals surface area contributed by atoms with Gasteiger partial charge in [-0.05, 0) is 12.1 Å². The van der Waals surface area contributed by atoms with E-state index in [4.69, 9.17) is 10.5 Å². The fraction of sp³-hybridized carbons (Fsp3) is 0.0769. The van der Waals surface area contributed by atoms with Gasteiger partial charge in [0.2, 0.25) is 5.95 Å². The highest BCUT2D eigenvalue weighted by atomic mass is 16.5. The van der Waals surface area contributed by atoms with Crippen molar-refractivity contribution in [3.63, 3.8) is 0 Å². The summed E-state index contributed by atoms with van der Waals surface area (Å²) in [4.78, 5) is 8.19. The predicted octanol–water partition coefficient (Wildman–Crippen LogP) is 1.56. The first-order valence-corrected chi connectivity index (χ1v) is 6.03. The zero-order valence-electron chi connectivity index (χ0n) is 11.1. The Morgan fingerprint density at radius 2 is 2.24 bits per heavy atom. The molecule has 0 aliphatic carbocycles. The number of ether oxygens (including phenoxy) is 1. The second kappa shape index (κ2) is 4.97. The highest BCUT2D eigenvalue weighted by Gasteiger charge is 2.13. The summed E-state index contributed by atoms with van der Waals surface area (Å²) in [7, 11) is 1.53. The van der Waals surface area contributed by atoms with Crippen LogP contribution in [0.3, 0.4) is 0 Å². The molecular formula is C13H11N7O. The molecule has 8 heteroatoms. The zero-order chi connectivity index (χ0) is 14.8. The lowest BCUT2D eigenvalue weighted by Gasteiger charge is -2.12. The smallest absolute Gasteiger partial charge is 0.224 e. The standard InChI is InChI=1S/C13H11N7O/c1-21-9-4-2-3-7(5-14)10(9)17-11-8-6-16-20-12(8)19-13(15)18-11/h2-4,6H,1H3,(H4,15,16,17,18,19,20). The van der Waals surface area contributed by atoms with Crippen molar-refractivity contribution in [1.82, 2.24) is 20.2 Å². The van der Waals surface area contributed by atoms with Crippen LogP contribution in [0.1, 0.15) is 5.56 Å². The third-order valence-corrected chi connectivity index (χ3v) is 2.94. The summed E-state index contributed by atoms with van der Waals surface area (Å²) in [6, 6.07) is 7.28. The molecule has 1 aromatic carbocycles. The molecule has 0 aliphatic heterocycles. The van der Waals surface area contributed by atoms with Crippen LogP contribution in [0.2, 0.25) is 0 Å². The summed E-state index contributed by atoms with van der Waals surface area (Å²) in [5.74, 6) is 1.08. The Balaban J connectivity index is 2.15. The molecule has 0 aliphatic rings. The molecule has 0 amide bonds. The van der Waals surface area contributed by atoms with E-state index in [1.54, 1.807) is 24.4 Å². The maximum absolute atomic E-state index is 9.22. The molecule has 8 nitrogen and oxygen atoms in total. The average molecular weight is 281 g/mol. The second-order valence-corrected chi connectivity index (χ2v) is 4.18. The van der Waals surface area contributed by atoms with Gasteiger partial charge in [0.1, 0.15) is 23.3 Å². The average Bonchev–Trinajstić information content (AvgIpc) is 2.95. The molecular weight excluding hydrogens is 270 g/mol. The molecule has 0 atom stereocenters. The van der Waals surface area contributed by atoms with Crippen molar-refractivity contribution in [2.45, 2.75) is 0 Å². The Kier molecular flexibility index (Phi) is 3.00. The van der Waals surface area contributed by atoms with Gasteiger partial charge < -0.3 is 15.8 Å². The maximum Gasteiger partial charge on any atom is 0.224 e. The second-order valence-electron chi connectivity index (χ2n) is 4.18. The van der Waals surface area contributed by atoms with Crippen LogP contribution in [-0.4, -0.2) is 27.3 Å². The number of fused-ring (bicyclic) bond motifs is 1. The fourth-order valence-corrected chi connectivity index (χ4v) is 1.99. The van der Waals surface area contributed by atoms with Crippen LogP contribution in [0.5, 0.6) is 5.75 Å². The molecule has 2 aromatic heterocycles. The van der Waals surface area contributed by atoms with Gasteiger partial charge in [0.25, 0.3) is 0 Å². The van der Waals surface area contributed by atoms with Crippen LogP contribution in [0, 0.1) is 11.3 Å². The number of aromatic amines is 1. The van der Waals surface area contributed by atoms with E-state index in [2.05, 4.69) is 31.6 Å². The Bertz CT molecular complexity index is 849. The van der Waals surface area contributed by atoms with Crippen molar-refractivity contribution < 1.29 is 4.74 Å².